The Morgan fingerprint density at radius 3 is 2.39 bits per heavy atom. The van der Waals surface area contributed by atoms with Crippen LogP contribution in [-0.4, -0.2) is 40.8 Å². The van der Waals surface area contributed by atoms with Gasteiger partial charge in [-0.15, -0.1) is 0 Å². The molecule has 1 N–H and O–H groups in total. The number of likely N-dealkylation sites (tertiary alicyclic amines) is 1. The molecular formula is C18H25NO4. The maximum absolute atomic E-state index is 12.3. The number of hydrogen-bond donors (Lipinski definition) is 1. The Kier molecular flexibility index (Phi) is 4.68. The molecule has 1 aromatic rings. The molecule has 1 fully saturated rings. The predicted octanol–water partition coefficient (Wildman–Crippen LogP) is 3.50. The first-order chi connectivity index (χ1) is 10.6. The molecule has 23 heavy (non-hydrogen) atoms. The van der Waals surface area contributed by atoms with E-state index in [-0.39, 0.29) is 12.5 Å². The molecule has 1 aliphatic heterocycles. The number of hydrogen-bond acceptors (Lipinski definition) is 3. The summed E-state index contributed by atoms with van der Waals surface area (Å²) in [7, 11) is 0. The standard InChI is InChI=1S/C18H25NO4/c1-17(2,3)23-16(22)19-11-10-14(13-8-6-5-7-9-13)18(4,12-19)15(20)21/h5-9,14H,10-12H2,1-4H3,(H,20,21)/t14-,18-/m0/s1. The zero-order valence-corrected chi connectivity index (χ0v) is 14.2. The summed E-state index contributed by atoms with van der Waals surface area (Å²) in [6.07, 6.45) is 0.156. The fourth-order valence-corrected chi connectivity index (χ4v) is 3.11. The van der Waals surface area contributed by atoms with E-state index in [2.05, 4.69) is 0 Å². The van der Waals surface area contributed by atoms with E-state index >= 15 is 0 Å². The zero-order valence-electron chi connectivity index (χ0n) is 14.2. The Morgan fingerprint density at radius 1 is 1.26 bits per heavy atom. The second-order valence-corrected chi connectivity index (χ2v) is 7.38. The lowest BCUT2D eigenvalue weighted by atomic mass is 9.69. The number of rotatable bonds is 2. The van der Waals surface area contributed by atoms with Gasteiger partial charge in [-0.1, -0.05) is 30.3 Å². The SMILES string of the molecule is CC(C)(C)OC(=O)N1CC[C@@H](c2ccccc2)[C@@](C)(C(=O)O)C1. The zero-order chi connectivity index (χ0) is 17.3. The molecule has 5 nitrogen and oxygen atoms in total. The summed E-state index contributed by atoms with van der Waals surface area (Å²) < 4.78 is 5.39. The van der Waals surface area contributed by atoms with Gasteiger partial charge in [-0.25, -0.2) is 4.79 Å². The van der Waals surface area contributed by atoms with Crippen molar-refractivity contribution in [3.63, 3.8) is 0 Å². The molecule has 126 valence electrons. The number of benzene rings is 1. The number of carboxylic acid groups (broad SMARTS) is 1. The molecule has 0 saturated carbocycles. The molecule has 1 aliphatic rings. The maximum Gasteiger partial charge on any atom is 0.410 e. The lowest BCUT2D eigenvalue weighted by Crippen LogP contribution is -2.53. The van der Waals surface area contributed by atoms with Crippen LogP contribution in [-0.2, 0) is 9.53 Å². The molecule has 0 aromatic heterocycles. The molecule has 0 unspecified atom stereocenters. The van der Waals surface area contributed by atoms with Crippen LogP contribution in [0.4, 0.5) is 4.79 Å². The second-order valence-electron chi connectivity index (χ2n) is 7.38. The number of carbonyl (C=O) groups excluding carboxylic acids is 1. The molecule has 1 aromatic carbocycles. The van der Waals surface area contributed by atoms with Gasteiger partial charge in [0.15, 0.2) is 0 Å². The number of carbonyl (C=O) groups is 2. The molecule has 1 amide bonds. The summed E-state index contributed by atoms with van der Waals surface area (Å²) in [5.41, 5.74) is -0.620. The molecule has 2 atom stereocenters. The fraction of sp³-hybridized carbons (Fsp3) is 0.556. The molecular weight excluding hydrogens is 294 g/mol. The van der Waals surface area contributed by atoms with E-state index in [1.165, 1.54) is 4.90 Å². The van der Waals surface area contributed by atoms with Crippen LogP contribution in [0.1, 0.15) is 45.6 Å². The maximum atomic E-state index is 12.3. The van der Waals surface area contributed by atoms with Crippen LogP contribution in [0.25, 0.3) is 0 Å². The monoisotopic (exact) mass is 319 g/mol. The van der Waals surface area contributed by atoms with E-state index in [1.807, 2.05) is 30.3 Å². The van der Waals surface area contributed by atoms with Gasteiger partial charge in [0.2, 0.25) is 0 Å². The van der Waals surface area contributed by atoms with Crippen molar-refractivity contribution in [1.82, 2.24) is 4.90 Å². The van der Waals surface area contributed by atoms with Crippen LogP contribution in [0.3, 0.4) is 0 Å². The molecule has 1 saturated heterocycles. The average molecular weight is 319 g/mol. The normalized spacial score (nSPS) is 25.0. The van der Waals surface area contributed by atoms with E-state index in [9.17, 15) is 14.7 Å². The highest BCUT2D eigenvalue weighted by Gasteiger charge is 2.48. The van der Waals surface area contributed by atoms with Gasteiger partial charge in [-0.05, 0) is 39.7 Å². The predicted molar refractivity (Wildman–Crippen MR) is 87.3 cm³/mol. The van der Waals surface area contributed by atoms with Crippen LogP contribution in [0.5, 0.6) is 0 Å². The van der Waals surface area contributed by atoms with Crippen molar-refractivity contribution in [2.45, 2.75) is 45.6 Å². The minimum atomic E-state index is -1.03. The molecule has 1 heterocycles. The van der Waals surface area contributed by atoms with Crippen LogP contribution in [0, 0.1) is 5.41 Å². The highest BCUT2D eigenvalue weighted by Crippen LogP contribution is 2.43. The van der Waals surface area contributed by atoms with Crippen molar-refractivity contribution in [3.8, 4) is 0 Å². The van der Waals surface area contributed by atoms with Crippen molar-refractivity contribution < 1.29 is 19.4 Å². The Bertz CT molecular complexity index is 578. The molecule has 0 bridgehead atoms. The van der Waals surface area contributed by atoms with E-state index < -0.39 is 23.1 Å². The van der Waals surface area contributed by atoms with Crippen LogP contribution in [0.15, 0.2) is 30.3 Å². The Hall–Kier alpha value is -2.04. The summed E-state index contributed by atoms with van der Waals surface area (Å²) in [6.45, 7) is 7.77. The van der Waals surface area contributed by atoms with Crippen molar-refractivity contribution in [2.75, 3.05) is 13.1 Å². The second kappa shape index (κ2) is 6.22. The van der Waals surface area contributed by atoms with Gasteiger partial charge in [0.1, 0.15) is 5.60 Å². The van der Waals surface area contributed by atoms with E-state index in [0.29, 0.717) is 13.0 Å². The first-order valence-electron chi connectivity index (χ1n) is 7.90. The number of carboxylic acids is 1. The summed E-state index contributed by atoms with van der Waals surface area (Å²) in [5, 5.41) is 9.78. The van der Waals surface area contributed by atoms with Crippen LogP contribution < -0.4 is 0 Å². The third kappa shape index (κ3) is 3.84. The third-order valence-electron chi connectivity index (χ3n) is 4.32. The number of ether oxygens (including phenoxy) is 1. The lowest BCUT2D eigenvalue weighted by Gasteiger charge is -2.43. The van der Waals surface area contributed by atoms with Gasteiger partial charge in [-0.3, -0.25) is 4.79 Å². The minimum absolute atomic E-state index is 0.125. The Balaban J connectivity index is 2.23. The van der Waals surface area contributed by atoms with E-state index in [0.717, 1.165) is 5.56 Å². The summed E-state index contributed by atoms with van der Waals surface area (Å²) >= 11 is 0. The topological polar surface area (TPSA) is 66.8 Å². The van der Waals surface area contributed by atoms with E-state index in [1.54, 1.807) is 27.7 Å². The highest BCUT2D eigenvalue weighted by atomic mass is 16.6. The van der Waals surface area contributed by atoms with Gasteiger partial charge in [-0.2, -0.15) is 0 Å². The molecule has 0 aliphatic carbocycles. The van der Waals surface area contributed by atoms with Gasteiger partial charge in [0.25, 0.3) is 0 Å². The van der Waals surface area contributed by atoms with Gasteiger partial charge in [0.05, 0.1) is 5.41 Å². The molecule has 5 heteroatoms. The summed E-state index contributed by atoms with van der Waals surface area (Å²) in [4.78, 5) is 25.7. The Labute approximate surface area is 137 Å². The highest BCUT2D eigenvalue weighted by molar-refractivity contribution is 5.78. The van der Waals surface area contributed by atoms with Crippen LogP contribution in [0.2, 0.25) is 0 Å². The molecule has 0 spiro atoms. The number of aliphatic carboxylic acids is 1. The van der Waals surface area contributed by atoms with Gasteiger partial charge < -0.3 is 14.7 Å². The van der Waals surface area contributed by atoms with Crippen molar-refractivity contribution in [3.05, 3.63) is 35.9 Å². The third-order valence-corrected chi connectivity index (χ3v) is 4.32. The number of amides is 1. The van der Waals surface area contributed by atoms with Crippen LogP contribution >= 0.6 is 0 Å². The quantitative estimate of drug-likeness (QED) is 0.906. The fourth-order valence-electron chi connectivity index (χ4n) is 3.11. The summed E-state index contributed by atoms with van der Waals surface area (Å²) in [5.74, 6) is -1.01. The average Bonchev–Trinajstić information content (AvgIpc) is 2.46. The lowest BCUT2D eigenvalue weighted by molar-refractivity contribution is -0.152. The summed E-state index contributed by atoms with van der Waals surface area (Å²) in [6, 6.07) is 9.65. The largest absolute Gasteiger partial charge is 0.481 e. The number of nitrogens with zero attached hydrogens (tertiary/aromatic N) is 1. The van der Waals surface area contributed by atoms with Gasteiger partial charge >= 0.3 is 12.1 Å². The Morgan fingerprint density at radius 2 is 1.87 bits per heavy atom. The van der Waals surface area contributed by atoms with Gasteiger partial charge in [0, 0.05) is 19.0 Å². The van der Waals surface area contributed by atoms with Crippen molar-refractivity contribution in [1.29, 1.82) is 0 Å². The first kappa shape index (κ1) is 17.3. The van der Waals surface area contributed by atoms with E-state index in [4.69, 9.17) is 4.74 Å². The smallest absolute Gasteiger partial charge is 0.410 e. The minimum Gasteiger partial charge on any atom is -0.481 e. The first-order valence-corrected chi connectivity index (χ1v) is 7.90. The van der Waals surface area contributed by atoms with Crippen molar-refractivity contribution in [2.24, 2.45) is 5.41 Å². The molecule has 0 radical (unpaired) electrons. The van der Waals surface area contributed by atoms with Crippen molar-refractivity contribution >= 4 is 12.1 Å². The molecule has 2 rings (SSSR count). The number of piperidine rings is 1.